The van der Waals surface area contributed by atoms with E-state index in [1.54, 1.807) is 42.7 Å². The summed E-state index contributed by atoms with van der Waals surface area (Å²) in [6.07, 6.45) is 4.75. The molecule has 0 saturated heterocycles. The second kappa shape index (κ2) is 8.96. The van der Waals surface area contributed by atoms with E-state index in [1.807, 2.05) is 6.07 Å². The molecule has 28 heavy (non-hydrogen) atoms. The van der Waals surface area contributed by atoms with Gasteiger partial charge in [0.15, 0.2) is 0 Å². The number of pyridine rings is 2. The van der Waals surface area contributed by atoms with E-state index in [-0.39, 0.29) is 11.6 Å². The van der Waals surface area contributed by atoms with Crippen molar-refractivity contribution in [3.05, 3.63) is 82.9 Å². The van der Waals surface area contributed by atoms with Crippen LogP contribution >= 0.6 is 11.6 Å². The van der Waals surface area contributed by atoms with Gasteiger partial charge in [-0.2, -0.15) is 0 Å². The van der Waals surface area contributed by atoms with Gasteiger partial charge in [-0.3, -0.25) is 19.6 Å². The van der Waals surface area contributed by atoms with Crippen molar-refractivity contribution in [2.45, 2.75) is 6.54 Å². The number of rotatable bonds is 6. The second-order valence-corrected chi connectivity index (χ2v) is 6.18. The van der Waals surface area contributed by atoms with Crippen molar-refractivity contribution >= 4 is 29.1 Å². The van der Waals surface area contributed by atoms with E-state index in [0.29, 0.717) is 28.6 Å². The molecule has 0 unspecified atom stereocenters. The summed E-state index contributed by atoms with van der Waals surface area (Å²) in [6, 6.07) is 11.5. The van der Waals surface area contributed by atoms with Crippen LogP contribution in [0, 0.1) is 0 Å². The van der Waals surface area contributed by atoms with Gasteiger partial charge in [-0.25, -0.2) is 0 Å². The molecule has 2 heterocycles. The molecule has 8 heteroatoms. The van der Waals surface area contributed by atoms with E-state index >= 15 is 0 Å². The molecular weight excluding hydrogens is 380 g/mol. The molecule has 0 saturated carbocycles. The summed E-state index contributed by atoms with van der Waals surface area (Å²) in [7, 11) is 1.51. The second-order valence-electron chi connectivity index (χ2n) is 5.78. The maximum absolute atomic E-state index is 12.4. The Labute approximate surface area is 166 Å². The minimum Gasteiger partial charge on any atom is -0.495 e. The van der Waals surface area contributed by atoms with Crippen molar-refractivity contribution in [3.63, 3.8) is 0 Å². The first kappa shape index (κ1) is 19.3. The first-order valence-corrected chi connectivity index (χ1v) is 8.72. The molecule has 0 aliphatic heterocycles. The Morgan fingerprint density at radius 3 is 2.68 bits per heavy atom. The summed E-state index contributed by atoms with van der Waals surface area (Å²) < 4.78 is 5.08. The van der Waals surface area contributed by atoms with Crippen LogP contribution in [0.3, 0.4) is 0 Å². The lowest BCUT2D eigenvalue weighted by Crippen LogP contribution is -2.23. The Bertz CT molecular complexity index is 996. The summed E-state index contributed by atoms with van der Waals surface area (Å²) in [4.78, 5) is 32.8. The number of aromatic nitrogens is 2. The highest BCUT2D eigenvalue weighted by molar-refractivity contribution is 6.32. The topological polar surface area (TPSA) is 93.2 Å². The summed E-state index contributed by atoms with van der Waals surface area (Å²) >= 11 is 6.06. The molecular formula is C20H17ClN4O3. The number of halogens is 1. The van der Waals surface area contributed by atoms with E-state index in [1.165, 1.54) is 19.4 Å². The SMILES string of the molecule is COc1ccc(NC(=O)c2cc(C(=O)NCc3cccnc3)ccn2)cc1Cl. The van der Waals surface area contributed by atoms with Crippen molar-refractivity contribution in [3.8, 4) is 5.75 Å². The Kier molecular flexibility index (Phi) is 6.18. The molecule has 0 radical (unpaired) electrons. The van der Waals surface area contributed by atoms with Gasteiger partial charge in [-0.15, -0.1) is 0 Å². The highest BCUT2D eigenvalue weighted by Crippen LogP contribution is 2.27. The van der Waals surface area contributed by atoms with E-state index in [2.05, 4.69) is 20.6 Å². The van der Waals surface area contributed by atoms with Crippen LogP contribution < -0.4 is 15.4 Å². The maximum atomic E-state index is 12.4. The fourth-order valence-corrected chi connectivity index (χ4v) is 2.68. The quantitative estimate of drug-likeness (QED) is 0.666. The lowest BCUT2D eigenvalue weighted by atomic mass is 10.2. The summed E-state index contributed by atoms with van der Waals surface area (Å²) in [5.41, 5.74) is 1.81. The third kappa shape index (κ3) is 4.83. The zero-order valence-corrected chi connectivity index (χ0v) is 15.7. The first-order valence-electron chi connectivity index (χ1n) is 8.35. The number of nitrogens with zero attached hydrogens (tertiary/aromatic N) is 2. The standard InChI is InChI=1S/C20H17ClN4O3/c1-28-18-5-4-15(10-16(18)21)25-20(27)17-9-14(6-8-23-17)19(26)24-12-13-3-2-7-22-11-13/h2-11H,12H2,1H3,(H,24,26)(H,25,27). The maximum Gasteiger partial charge on any atom is 0.274 e. The van der Waals surface area contributed by atoms with Crippen molar-refractivity contribution in [1.29, 1.82) is 0 Å². The van der Waals surface area contributed by atoms with Crippen LogP contribution in [-0.2, 0) is 6.54 Å². The molecule has 0 fully saturated rings. The lowest BCUT2D eigenvalue weighted by Gasteiger charge is -2.09. The van der Waals surface area contributed by atoms with Gasteiger partial charge in [0.2, 0.25) is 0 Å². The summed E-state index contributed by atoms with van der Waals surface area (Å²) in [5, 5.41) is 5.85. The van der Waals surface area contributed by atoms with Crippen molar-refractivity contribution in [2.24, 2.45) is 0 Å². The van der Waals surface area contributed by atoms with Crippen molar-refractivity contribution in [2.75, 3.05) is 12.4 Å². The van der Waals surface area contributed by atoms with Crippen LogP contribution in [0.15, 0.2) is 61.1 Å². The van der Waals surface area contributed by atoms with Gasteiger partial charge in [0.25, 0.3) is 11.8 Å². The number of carbonyl (C=O) groups excluding carboxylic acids is 2. The third-order valence-electron chi connectivity index (χ3n) is 3.84. The van der Waals surface area contributed by atoms with E-state index in [4.69, 9.17) is 16.3 Å². The zero-order valence-electron chi connectivity index (χ0n) is 15.0. The number of methoxy groups -OCH3 is 1. The molecule has 0 aliphatic rings. The summed E-state index contributed by atoms with van der Waals surface area (Å²) in [6.45, 7) is 0.334. The van der Waals surface area contributed by atoms with Crippen LogP contribution in [0.4, 0.5) is 5.69 Å². The van der Waals surface area contributed by atoms with Gasteiger partial charge in [0, 0.05) is 36.4 Å². The molecule has 1 aromatic carbocycles. The van der Waals surface area contributed by atoms with Gasteiger partial charge in [0.1, 0.15) is 11.4 Å². The normalized spacial score (nSPS) is 10.2. The monoisotopic (exact) mass is 396 g/mol. The Hall–Kier alpha value is -3.45. The molecule has 7 nitrogen and oxygen atoms in total. The van der Waals surface area contributed by atoms with E-state index in [0.717, 1.165) is 5.56 Å². The fraction of sp³-hybridized carbons (Fsp3) is 0.100. The van der Waals surface area contributed by atoms with Crippen LogP contribution in [0.25, 0.3) is 0 Å². The lowest BCUT2D eigenvalue weighted by molar-refractivity contribution is 0.0950. The highest BCUT2D eigenvalue weighted by Gasteiger charge is 2.13. The molecule has 2 aromatic heterocycles. The highest BCUT2D eigenvalue weighted by atomic mass is 35.5. The Morgan fingerprint density at radius 1 is 1.11 bits per heavy atom. The van der Waals surface area contributed by atoms with Gasteiger partial charge < -0.3 is 15.4 Å². The Morgan fingerprint density at radius 2 is 1.96 bits per heavy atom. The smallest absolute Gasteiger partial charge is 0.274 e. The van der Waals surface area contributed by atoms with Gasteiger partial charge in [-0.1, -0.05) is 17.7 Å². The number of amides is 2. The number of carbonyl (C=O) groups is 2. The predicted molar refractivity (Wildman–Crippen MR) is 106 cm³/mol. The van der Waals surface area contributed by atoms with E-state index in [9.17, 15) is 9.59 Å². The van der Waals surface area contributed by atoms with Crippen molar-refractivity contribution < 1.29 is 14.3 Å². The number of ether oxygens (including phenoxy) is 1. The fourth-order valence-electron chi connectivity index (χ4n) is 2.42. The molecule has 0 bridgehead atoms. The number of nitrogens with one attached hydrogen (secondary N) is 2. The number of hydrogen-bond acceptors (Lipinski definition) is 5. The molecule has 0 aliphatic carbocycles. The van der Waals surface area contributed by atoms with Crippen LogP contribution in [0.1, 0.15) is 26.4 Å². The van der Waals surface area contributed by atoms with Gasteiger partial charge >= 0.3 is 0 Å². The molecule has 3 rings (SSSR count). The molecule has 2 amide bonds. The minimum atomic E-state index is -0.455. The molecule has 142 valence electrons. The predicted octanol–water partition coefficient (Wildman–Crippen LogP) is 3.32. The van der Waals surface area contributed by atoms with Crippen LogP contribution in [0.5, 0.6) is 5.75 Å². The van der Waals surface area contributed by atoms with Crippen molar-refractivity contribution in [1.82, 2.24) is 15.3 Å². The first-order chi connectivity index (χ1) is 13.6. The number of hydrogen-bond donors (Lipinski definition) is 2. The molecule has 3 aromatic rings. The molecule has 0 atom stereocenters. The molecule has 2 N–H and O–H groups in total. The summed E-state index contributed by atoms with van der Waals surface area (Å²) in [5.74, 6) is -0.263. The average molecular weight is 397 g/mol. The van der Waals surface area contributed by atoms with Gasteiger partial charge in [-0.05, 0) is 42.0 Å². The third-order valence-corrected chi connectivity index (χ3v) is 4.14. The molecule has 0 spiro atoms. The van der Waals surface area contributed by atoms with Crippen LogP contribution in [-0.4, -0.2) is 28.9 Å². The minimum absolute atomic E-state index is 0.112. The number of benzene rings is 1. The zero-order chi connectivity index (χ0) is 19.9. The average Bonchev–Trinajstić information content (AvgIpc) is 2.73. The van der Waals surface area contributed by atoms with E-state index < -0.39 is 5.91 Å². The number of anilines is 1. The van der Waals surface area contributed by atoms with Gasteiger partial charge in [0.05, 0.1) is 12.1 Å². The Balaban J connectivity index is 1.67. The van der Waals surface area contributed by atoms with Crippen LogP contribution in [0.2, 0.25) is 5.02 Å². The largest absolute Gasteiger partial charge is 0.495 e.